The van der Waals surface area contributed by atoms with E-state index in [2.05, 4.69) is 31.4 Å². The molecule has 0 aromatic heterocycles. The number of benzene rings is 1. The predicted molar refractivity (Wildman–Crippen MR) is 109 cm³/mol. The molecular weight excluding hydrogens is 356 g/mol. The molecule has 1 unspecified atom stereocenters. The summed E-state index contributed by atoms with van der Waals surface area (Å²) < 4.78 is 0. The Hall–Kier alpha value is -2.41. The Morgan fingerprint density at radius 2 is 1.79 bits per heavy atom. The third-order valence-electron chi connectivity index (χ3n) is 5.01. The number of urea groups is 1. The normalized spacial score (nSPS) is 19.9. The fraction of sp³-hybridized carbons (Fsp3) is 0.571. The molecule has 0 saturated carbocycles. The molecule has 2 rings (SSSR count). The largest absolute Gasteiger partial charge is 0.354 e. The molecule has 4 amide bonds. The summed E-state index contributed by atoms with van der Waals surface area (Å²) in [6, 6.07) is 7.13. The number of nitrogens with one attached hydrogen (secondary N) is 2. The molecule has 1 aliphatic heterocycles. The van der Waals surface area contributed by atoms with Gasteiger partial charge in [0, 0.05) is 6.54 Å². The average molecular weight is 389 g/mol. The first-order valence-electron chi connectivity index (χ1n) is 9.61. The van der Waals surface area contributed by atoms with Gasteiger partial charge in [0.05, 0.1) is 0 Å². The number of hydrogen-bond donors (Lipinski definition) is 2. The molecule has 0 aliphatic carbocycles. The van der Waals surface area contributed by atoms with E-state index in [4.69, 9.17) is 0 Å². The van der Waals surface area contributed by atoms with Crippen LogP contribution in [0, 0.1) is 0 Å². The van der Waals surface area contributed by atoms with Crippen LogP contribution >= 0.6 is 0 Å². The van der Waals surface area contributed by atoms with Crippen molar-refractivity contribution in [2.75, 3.05) is 33.7 Å². The lowest BCUT2D eigenvalue weighted by Gasteiger charge is -2.24. The molecule has 0 spiro atoms. The molecule has 7 nitrogen and oxygen atoms in total. The lowest BCUT2D eigenvalue weighted by molar-refractivity contribution is -0.134. The summed E-state index contributed by atoms with van der Waals surface area (Å²) in [5.74, 6) is -0.751. The molecule has 7 heteroatoms. The van der Waals surface area contributed by atoms with Crippen molar-refractivity contribution in [1.82, 2.24) is 20.4 Å². The van der Waals surface area contributed by atoms with E-state index in [1.807, 2.05) is 43.3 Å². The predicted octanol–water partition coefficient (Wildman–Crippen LogP) is 1.82. The van der Waals surface area contributed by atoms with Gasteiger partial charge in [0.25, 0.3) is 5.91 Å². The minimum absolute atomic E-state index is 0.000918. The summed E-state index contributed by atoms with van der Waals surface area (Å²) in [5.41, 5.74) is 0.677. The van der Waals surface area contributed by atoms with Gasteiger partial charge >= 0.3 is 6.03 Å². The number of carbonyl (C=O) groups is 3. The molecule has 0 bridgehead atoms. The van der Waals surface area contributed by atoms with Gasteiger partial charge in [0.15, 0.2) is 0 Å². The summed E-state index contributed by atoms with van der Waals surface area (Å²) in [7, 11) is 3.92. The fourth-order valence-electron chi connectivity index (χ4n) is 3.16. The highest BCUT2D eigenvalue weighted by Gasteiger charge is 2.49. The van der Waals surface area contributed by atoms with Crippen molar-refractivity contribution in [3.05, 3.63) is 35.4 Å². The summed E-state index contributed by atoms with van der Waals surface area (Å²) in [6.07, 6.45) is 0.802. The Morgan fingerprint density at radius 3 is 2.32 bits per heavy atom. The van der Waals surface area contributed by atoms with Gasteiger partial charge in [-0.1, -0.05) is 45.0 Å². The van der Waals surface area contributed by atoms with E-state index in [-0.39, 0.29) is 17.9 Å². The first kappa shape index (κ1) is 21.9. The molecule has 28 heavy (non-hydrogen) atoms. The molecule has 154 valence electrons. The molecule has 1 aromatic rings. The van der Waals surface area contributed by atoms with Crippen molar-refractivity contribution >= 4 is 17.8 Å². The maximum absolute atomic E-state index is 12.9. The van der Waals surface area contributed by atoms with Crippen molar-refractivity contribution in [1.29, 1.82) is 0 Å². The van der Waals surface area contributed by atoms with Gasteiger partial charge in [-0.3, -0.25) is 14.5 Å². The van der Waals surface area contributed by atoms with Crippen molar-refractivity contribution in [2.24, 2.45) is 0 Å². The molecule has 1 saturated heterocycles. The molecule has 1 aliphatic rings. The number of carbonyl (C=O) groups excluding carboxylic acids is 3. The van der Waals surface area contributed by atoms with Gasteiger partial charge in [0.2, 0.25) is 5.91 Å². The van der Waals surface area contributed by atoms with Crippen LogP contribution in [0.1, 0.15) is 45.2 Å². The highest BCUT2D eigenvalue weighted by molar-refractivity contribution is 6.09. The quantitative estimate of drug-likeness (QED) is 0.551. The Labute approximate surface area is 167 Å². The van der Waals surface area contributed by atoms with Gasteiger partial charge in [-0.05, 0) is 50.5 Å². The van der Waals surface area contributed by atoms with E-state index in [0.717, 1.165) is 23.4 Å². The molecule has 2 N–H and O–H groups in total. The summed E-state index contributed by atoms with van der Waals surface area (Å²) in [4.78, 5) is 40.4. The van der Waals surface area contributed by atoms with Crippen LogP contribution in [0.5, 0.6) is 0 Å². The van der Waals surface area contributed by atoms with Gasteiger partial charge in [-0.25, -0.2) is 4.79 Å². The molecule has 1 aromatic carbocycles. The third-order valence-corrected chi connectivity index (χ3v) is 5.01. The minimum atomic E-state index is -1.17. The number of rotatable bonds is 7. The zero-order valence-electron chi connectivity index (χ0n) is 17.8. The molecule has 0 radical (unpaired) electrons. The second-order valence-corrected chi connectivity index (χ2v) is 8.78. The van der Waals surface area contributed by atoms with Crippen molar-refractivity contribution < 1.29 is 14.4 Å². The highest BCUT2D eigenvalue weighted by Crippen LogP contribution is 2.31. The van der Waals surface area contributed by atoms with E-state index in [9.17, 15) is 14.4 Å². The Balaban J connectivity index is 2.04. The van der Waals surface area contributed by atoms with E-state index in [1.54, 1.807) is 6.92 Å². The Kier molecular flexibility index (Phi) is 6.49. The highest BCUT2D eigenvalue weighted by atomic mass is 16.2. The maximum Gasteiger partial charge on any atom is 0.325 e. The second kappa shape index (κ2) is 8.31. The first-order valence-corrected chi connectivity index (χ1v) is 9.61. The van der Waals surface area contributed by atoms with Crippen molar-refractivity contribution in [3.63, 3.8) is 0 Å². The van der Waals surface area contributed by atoms with E-state index >= 15 is 0 Å². The Bertz CT molecular complexity index is 737. The smallest absolute Gasteiger partial charge is 0.325 e. The second-order valence-electron chi connectivity index (χ2n) is 8.78. The van der Waals surface area contributed by atoms with Crippen LogP contribution in [0.3, 0.4) is 0 Å². The van der Waals surface area contributed by atoms with E-state index in [1.165, 1.54) is 0 Å². The van der Waals surface area contributed by atoms with Gasteiger partial charge in [0.1, 0.15) is 12.1 Å². The molecule has 1 atom stereocenters. The summed E-state index contributed by atoms with van der Waals surface area (Å²) in [5, 5.41) is 5.50. The molecule has 1 fully saturated rings. The Morgan fingerprint density at radius 1 is 1.18 bits per heavy atom. The fourth-order valence-corrected chi connectivity index (χ4v) is 3.16. The van der Waals surface area contributed by atoms with Crippen LogP contribution in [0.2, 0.25) is 0 Å². The van der Waals surface area contributed by atoms with Crippen LogP contribution < -0.4 is 10.6 Å². The number of hydrogen-bond acceptors (Lipinski definition) is 4. The van der Waals surface area contributed by atoms with Gasteiger partial charge in [-0.15, -0.1) is 0 Å². The lowest BCUT2D eigenvalue weighted by Crippen LogP contribution is -2.43. The van der Waals surface area contributed by atoms with Crippen molar-refractivity contribution in [2.45, 2.75) is 45.1 Å². The monoisotopic (exact) mass is 388 g/mol. The van der Waals surface area contributed by atoms with E-state index < -0.39 is 17.5 Å². The minimum Gasteiger partial charge on any atom is -0.354 e. The zero-order valence-corrected chi connectivity index (χ0v) is 17.8. The molecule has 1 heterocycles. The standard InChI is InChI=1S/C21H32N4O3/c1-20(2,3)15-8-10-16(11-9-15)21(4)18(27)25(19(28)23-21)14-17(26)22-12-7-13-24(5)6/h8-11H,7,12-14H2,1-6H3,(H,22,26)(H,23,28). The van der Waals surface area contributed by atoms with Gasteiger partial charge in [-0.2, -0.15) is 0 Å². The average Bonchev–Trinajstić information content (AvgIpc) is 2.82. The number of imide groups is 1. The van der Waals surface area contributed by atoms with Crippen LogP contribution in [0.25, 0.3) is 0 Å². The topological polar surface area (TPSA) is 81.8 Å². The lowest BCUT2D eigenvalue weighted by atomic mass is 9.84. The van der Waals surface area contributed by atoms with Crippen LogP contribution in [0.4, 0.5) is 4.79 Å². The van der Waals surface area contributed by atoms with Gasteiger partial charge < -0.3 is 15.5 Å². The van der Waals surface area contributed by atoms with Crippen LogP contribution in [-0.2, 0) is 20.5 Å². The molecular formula is C21H32N4O3. The van der Waals surface area contributed by atoms with Crippen LogP contribution in [-0.4, -0.2) is 61.4 Å². The maximum atomic E-state index is 12.9. The zero-order chi connectivity index (χ0) is 21.1. The SMILES string of the molecule is CN(C)CCCNC(=O)CN1C(=O)NC(C)(c2ccc(C(C)(C)C)cc2)C1=O. The van der Waals surface area contributed by atoms with Crippen LogP contribution in [0.15, 0.2) is 24.3 Å². The van der Waals surface area contributed by atoms with Crippen molar-refractivity contribution in [3.8, 4) is 0 Å². The summed E-state index contributed by atoms with van der Waals surface area (Å²) in [6.45, 7) is 9.11. The van der Waals surface area contributed by atoms with E-state index in [0.29, 0.717) is 12.1 Å². The number of nitrogens with zero attached hydrogens (tertiary/aromatic N) is 2. The first-order chi connectivity index (χ1) is 12.9. The summed E-state index contributed by atoms with van der Waals surface area (Å²) >= 11 is 0. The third kappa shape index (κ3) is 4.90. The number of amides is 4.